The summed E-state index contributed by atoms with van der Waals surface area (Å²) in [5.41, 5.74) is 9.02. The first kappa shape index (κ1) is 12.0. The third-order valence-electron chi connectivity index (χ3n) is 2.70. The Morgan fingerprint density at radius 1 is 1.17 bits per heavy atom. The molecule has 0 aliphatic carbocycles. The summed E-state index contributed by atoms with van der Waals surface area (Å²) in [5.74, 6) is 0.767. The summed E-state index contributed by atoms with van der Waals surface area (Å²) in [6, 6.07) is 15.2. The maximum absolute atomic E-state index is 8.84. The Bertz CT molecular complexity index is 582. The average Bonchev–Trinajstić information content (AvgIpc) is 2.38. The van der Waals surface area contributed by atoms with Crippen LogP contribution in [0.3, 0.4) is 0 Å². The van der Waals surface area contributed by atoms with Crippen LogP contribution < -0.4 is 10.5 Å². The fraction of sp³-hybridized carbons (Fsp3) is 0.133. The molecule has 0 heterocycles. The minimum Gasteiger partial charge on any atom is -0.489 e. The van der Waals surface area contributed by atoms with Gasteiger partial charge in [-0.3, -0.25) is 0 Å². The van der Waals surface area contributed by atoms with E-state index in [2.05, 4.69) is 6.07 Å². The lowest BCUT2D eigenvalue weighted by molar-refractivity contribution is 0.306. The largest absolute Gasteiger partial charge is 0.489 e. The lowest BCUT2D eigenvalue weighted by Crippen LogP contribution is -1.96. The van der Waals surface area contributed by atoms with E-state index in [9.17, 15) is 0 Å². The molecule has 0 spiro atoms. The van der Waals surface area contributed by atoms with E-state index in [0.717, 1.165) is 22.6 Å². The molecule has 0 unspecified atom stereocenters. The summed E-state index contributed by atoms with van der Waals surface area (Å²) in [6.45, 7) is 2.39. The highest BCUT2D eigenvalue weighted by molar-refractivity contribution is 5.42. The number of anilines is 1. The Morgan fingerprint density at radius 3 is 2.50 bits per heavy atom. The molecule has 2 aromatic carbocycles. The highest BCUT2D eigenvalue weighted by Gasteiger charge is 2.00. The highest BCUT2D eigenvalue weighted by atomic mass is 16.5. The van der Waals surface area contributed by atoms with Crippen molar-refractivity contribution in [2.45, 2.75) is 13.5 Å². The van der Waals surface area contributed by atoms with Crippen molar-refractivity contribution in [2.75, 3.05) is 5.73 Å². The van der Waals surface area contributed by atoms with Crippen LogP contribution in [0.5, 0.6) is 5.75 Å². The Morgan fingerprint density at radius 2 is 1.89 bits per heavy atom. The third-order valence-corrected chi connectivity index (χ3v) is 2.70. The van der Waals surface area contributed by atoms with Gasteiger partial charge < -0.3 is 10.5 Å². The Kier molecular flexibility index (Phi) is 3.49. The van der Waals surface area contributed by atoms with Crippen LogP contribution in [0.1, 0.15) is 16.7 Å². The molecular weight excluding hydrogens is 224 g/mol. The molecular formula is C15H14N2O. The summed E-state index contributed by atoms with van der Waals surface area (Å²) in [7, 11) is 0. The first-order valence-corrected chi connectivity index (χ1v) is 5.67. The van der Waals surface area contributed by atoms with Gasteiger partial charge in [0, 0.05) is 5.69 Å². The molecule has 18 heavy (non-hydrogen) atoms. The Hall–Kier alpha value is -2.47. The van der Waals surface area contributed by atoms with Crippen molar-refractivity contribution in [1.82, 2.24) is 0 Å². The molecule has 2 N–H and O–H groups in total. The number of nitrogens with zero attached hydrogens (tertiary/aromatic N) is 1. The predicted octanol–water partition coefficient (Wildman–Crippen LogP) is 3.03. The van der Waals surface area contributed by atoms with Crippen molar-refractivity contribution >= 4 is 5.69 Å². The normalized spacial score (nSPS) is 9.78. The number of hydrogen-bond donors (Lipinski definition) is 1. The first-order chi connectivity index (χ1) is 8.69. The van der Waals surface area contributed by atoms with Gasteiger partial charge in [-0.1, -0.05) is 12.1 Å². The summed E-state index contributed by atoms with van der Waals surface area (Å²) in [5, 5.41) is 8.84. The first-order valence-electron chi connectivity index (χ1n) is 5.67. The van der Waals surface area contributed by atoms with Gasteiger partial charge in [-0.2, -0.15) is 5.26 Å². The van der Waals surface area contributed by atoms with Crippen LogP contribution in [0.25, 0.3) is 0 Å². The SMILES string of the molecule is Cc1cc(OCc2ccc(N)cc2)ccc1C#N. The van der Waals surface area contributed by atoms with E-state index in [1.54, 1.807) is 6.07 Å². The van der Waals surface area contributed by atoms with Crippen molar-refractivity contribution in [1.29, 1.82) is 5.26 Å². The maximum atomic E-state index is 8.84. The number of hydrogen-bond acceptors (Lipinski definition) is 3. The molecule has 2 rings (SSSR count). The monoisotopic (exact) mass is 238 g/mol. The lowest BCUT2D eigenvalue weighted by Gasteiger charge is -2.08. The van der Waals surface area contributed by atoms with Gasteiger partial charge in [-0.05, 0) is 48.4 Å². The molecule has 3 heteroatoms. The molecule has 3 nitrogen and oxygen atoms in total. The summed E-state index contributed by atoms with van der Waals surface area (Å²) in [4.78, 5) is 0. The van der Waals surface area contributed by atoms with Crippen LogP contribution in [0.15, 0.2) is 42.5 Å². The molecule has 90 valence electrons. The average molecular weight is 238 g/mol. The van der Waals surface area contributed by atoms with Crippen molar-refractivity contribution in [3.63, 3.8) is 0 Å². The van der Waals surface area contributed by atoms with Gasteiger partial charge in [-0.25, -0.2) is 0 Å². The number of nitrogens with two attached hydrogens (primary N) is 1. The van der Waals surface area contributed by atoms with E-state index in [4.69, 9.17) is 15.7 Å². The summed E-state index contributed by atoms with van der Waals surface area (Å²) in [6.07, 6.45) is 0. The number of nitrogen functional groups attached to an aromatic ring is 1. The van der Waals surface area contributed by atoms with Crippen LogP contribution in [-0.4, -0.2) is 0 Å². The zero-order valence-electron chi connectivity index (χ0n) is 10.2. The van der Waals surface area contributed by atoms with Crippen LogP contribution in [-0.2, 0) is 6.61 Å². The second-order valence-corrected chi connectivity index (χ2v) is 4.12. The molecule has 0 amide bonds. The standard InChI is InChI=1S/C15H14N2O/c1-11-8-15(7-4-13(11)9-16)18-10-12-2-5-14(17)6-3-12/h2-8H,10,17H2,1H3. The fourth-order valence-electron chi connectivity index (χ4n) is 1.63. The fourth-order valence-corrected chi connectivity index (χ4v) is 1.63. The maximum Gasteiger partial charge on any atom is 0.120 e. The van der Waals surface area contributed by atoms with Gasteiger partial charge in [0.2, 0.25) is 0 Å². The van der Waals surface area contributed by atoms with Crippen LogP contribution in [0.2, 0.25) is 0 Å². The van der Waals surface area contributed by atoms with Gasteiger partial charge in [-0.15, -0.1) is 0 Å². The Labute approximate surface area is 106 Å². The Balaban J connectivity index is 2.04. The van der Waals surface area contributed by atoms with Gasteiger partial charge in [0.05, 0.1) is 11.6 Å². The smallest absolute Gasteiger partial charge is 0.120 e. The van der Waals surface area contributed by atoms with Crippen molar-refractivity contribution in [3.05, 3.63) is 59.2 Å². The number of ether oxygens (including phenoxy) is 1. The van der Waals surface area contributed by atoms with Crippen molar-refractivity contribution < 1.29 is 4.74 Å². The van der Waals surface area contributed by atoms with Crippen LogP contribution in [0, 0.1) is 18.3 Å². The van der Waals surface area contributed by atoms with Crippen molar-refractivity contribution in [3.8, 4) is 11.8 Å². The molecule has 0 aromatic heterocycles. The zero-order chi connectivity index (χ0) is 13.0. The van der Waals surface area contributed by atoms with E-state index in [-0.39, 0.29) is 0 Å². The van der Waals surface area contributed by atoms with Gasteiger partial charge in [0.1, 0.15) is 12.4 Å². The lowest BCUT2D eigenvalue weighted by atomic mass is 10.1. The summed E-state index contributed by atoms with van der Waals surface area (Å²) < 4.78 is 5.66. The van der Waals surface area contributed by atoms with E-state index in [1.807, 2.05) is 43.3 Å². The van der Waals surface area contributed by atoms with E-state index in [0.29, 0.717) is 12.2 Å². The number of benzene rings is 2. The van der Waals surface area contributed by atoms with Crippen molar-refractivity contribution in [2.24, 2.45) is 0 Å². The molecule has 0 aliphatic heterocycles. The third kappa shape index (κ3) is 2.80. The number of nitriles is 1. The molecule has 0 aliphatic rings. The molecule has 0 fully saturated rings. The molecule has 0 saturated heterocycles. The number of rotatable bonds is 3. The van der Waals surface area contributed by atoms with E-state index >= 15 is 0 Å². The molecule has 0 saturated carbocycles. The second-order valence-electron chi connectivity index (χ2n) is 4.12. The molecule has 0 bridgehead atoms. The molecule has 0 atom stereocenters. The molecule has 2 aromatic rings. The van der Waals surface area contributed by atoms with Gasteiger partial charge in [0.15, 0.2) is 0 Å². The van der Waals surface area contributed by atoms with E-state index in [1.165, 1.54) is 0 Å². The highest BCUT2D eigenvalue weighted by Crippen LogP contribution is 2.18. The van der Waals surface area contributed by atoms with Crippen LogP contribution >= 0.6 is 0 Å². The minimum absolute atomic E-state index is 0.492. The quantitative estimate of drug-likeness (QED) is 0.836. The second kappa shape index (κ2) is 5.24. The summed E-state index contributed by atoms with van der Waals surface area (Å²) >= 11 is 0. The predicted molar refractivity (Wildman–Crippen MR) is 71.1 cm³/mol. The van der Waals surface area contributed by atoms with Crippen LogP contribution in [0.4, 0.5) is 5.69 Å². The zero-order valence-corrected chi connectivity index (χ0v) is 10.2. The van der Waals surface area contributed by atoms with Gasteiger partial charge >= 0.3 is 0 Å². The molecule has 0 radical (unpaired) electrons. The van der Waals surface area contributed by atoms with E-state index < -0.39 is 0 Å². The number of aryl methyl sites for hydroxylation is 1. The minimum atomic E-state index is 0.492. The van der Waals surface area contributed by atoms with Gasteiger partial charge in [0.25, 0.3) is 0 Å². The topological polar surface area (TPSA) is 59.0 Å².